The van der Waals surface area contributed by atoms with Gasteiger partial charge in [-0.2, -0.15) is 0 Å². The lowest BCUT2D eigenvalue weighted by molar-refractivity contribution is -0.144. The number of aliphatic hydroxyl groups excluding tert-OH is 1. The largest absolute Gasteiger partial charge is 0.465 e. The molecular formula is C17H28N3O9PS. The van der Waals surface area contributed by atoms with E-state index in [1.807, 2.05) is 4.98 Å². The van der Waals surface area contributed by atoms with Gasteiger partial charge in [-0.05, 0) is 20.8 Å². The summed E-state index contributed by atoms with van der Waals surface area (Å²) in [7, 11) is 0. The van der Waals surface area contributed by atoms with Gasteiger partial charge in [-0.15, -0.1) is 0 Å². The van der Waals surface area contributed by atoms with Crippen LogP contribution in [0.4, 0.5) is 0 Å². The fourth-order valence-electron chi connectivity index (χ4n) is 3.00. The Balaban J connectivity index is 2.15. The van der Waals surface area contributed by atoms with Crippen molar-refractivity contribution in [3.63, 3.8) is 0 Å². The summed E-state index contributed by atoms with van der Waals surface area (Å²) in [6.45, 7) is 2.30. The van der Waals surface area contributed by atoms with Crippen LogP contribution < -0.4 is 16.3 Å². The number of aromatic amines is 1. The van der Waals surface area contributed by atoms with Gasteiger partial charge in [-0.3, -0.25) is 23.7 Å². The molecule has 1 saturated heterocycles. The number of hydrogen-bond donors (Lipinski definition) is 4. The number of hydrogen-bond acceptors (Lipinski definition) is 10. The lowest BCUT2D eigenvalue weighted by atomic mass is 9.96. The van der Waals surface area contributed by atoms with Gasteiger partial charge in [0.1, 0.15) is 23.9 Å². The molecule has 12 nitrogen and oxygen atoms in total. The summed E-state index contributed by atoms with van der Waals surface area (Å²) in [5.41, 5.74) is -3.37. The number of aliphatic hydroxyl groups is 2. The first kappa shape index (κ1) is 25.8. The second kappa shape index (κ2) is 10.4. The van der Waals surface area contributed by atoms with Gasteiger partial charge in [0.25, 0.3) is 5.56 Å². The zero-order valence-electron chi connectivity index (χ0n) is 17.6. The Morgan fingerprint density at radius 2 is 2.16 bits per heavy atom. The van der Waals surface area contributed by atoms with Gasteiger partial charge in [0, 0.05) is 18.0 Å². The first-order valence-electron chi connectivity index (χ1n) is 9.66. The Labute approximate surface area is 182 Å². The Bertz CT molecular complexity index is 934. The van der Waals surface area contributed by atoms with E-state index in [-0.39, 0.29) is 6.61 Å². The van der Waals surface area contributed by atoms with Crippen LogP contribution in [0.3, 0.4) is 0 Å². The minimum absolute atomic E-state index is 0.166. The molecule has 1 aliphatic rings. The third-order valence-electron chi connectivity index (χ3n) is 4.56. The lowest BCUT2D eigenvalue weighted by Crippen LogP contribution is -2.46. The summed E-state index contributed by atoms with van der Waals surface area (Å²) in [6, 6.07) is 0.166. The van der Waals surface area contributed by atoms with Gasteiger partial charge in [-0.25, -0.2) is 9.88 Å². The van der Waals surface area contributed by atoms with Crippen molar-refractivity contribution in [1.82, 2.24) is 14.6 Å². The number of nitrogens with zero attached hydrogens (tertiary/aromatic N) is 1. The molecule has 2 rings (SSSR count). The highest BCUT2D eigenvalue weighted by atomic mass is 32.7. The van der Waals surface area contributed by atoms with Crippen LogP contribution in [-0.2, 0) is 23.4 Å². The normalized spacial score (nSPS) is 28.8. The summed E-state index contributed by atoms with van der Waals surface area (Å²) >= 11 is 0.948. The molecule has 0 spiro atoms. The fourth-order valence-corrected chi connectivity index (χ4v) is 6.61. The Hall–Kier alpha value is -1.47. The van der Waals surface area contributed by atoms with Gasteiger partial charge < -0.3 is 24.2 Å². The maximum Gasteiger partial charge on any atom is 0.330 e. The summed E-state index contributed by atoms with van der Waals surface area (Å²) in [5.74, 6) is -0.193. The molecule has 0 saturated carbocycles. The highest BCUT2D eigenvalue weighted by Crippen LogP contribution is 2.56. The molecule has 1 unspecified atom stereocenters. The van der Waals surface area contributed by atoms with Crippen molar-refractivity contribution >= 4 is 24.1 Å². The number of carbonyl (C=O) groups excluding carboxylic acids is 1. The average molecular weight is 481 g/mol. The van der Waals surface area contributed by atoms with E-state index in [0.717, 1.165) is 28.2 Å². The van der Waals surface area contributed by atoms with Gasteiger partial charge in [0.05, 0.1) is 13.2 Å². The van der Waals surface area contributed by atoms with Crippen LogP contribution in [0.1, 0.15) is 33.9 Å². The van der Waals surface area contributed by atoms with Crippen LogP contribution in [0.5, 0.6) is 0 Å². The monoisotopic (exact) mass is 481 g/mol. The first-order chi connectivity index (χ1) is 14.4. The molecule has 1 aromatic rings. The highest BCUT2D eigenvalue weighted by molar-refractivity contribution is 8.56. The topological polar surface area (TPSA) is 169 Å². The average Bonchev–Trinajstić information content (AvgIpc) is 2.90. The maximum absolute atomic E-state index is 13.1. The molecule has 14 heteroatoms. The molecule has 1 aliphatic heterocycles. The van der Waals surface area contributed by atoms with E-state index in [9.17, 15) is 29.2 Å². The molecule has 2 heterocycles. The van der Waals surface area contributed by atoms with Crippen molar-refractivity contribution in [3.8, 4) is 0 Å². The number of ether oxygens (including phenoxy) is 2. The number of H-pyrrole nitrogens is 1. The van der Waals surface area contributed by atoms with Gasteiger partial charge >= 0.3 is 18.4 Å². The van der Waals surface area contributed by atoms with E-state index in [4.69, 9.17) is 14.0 Å². The molecule has 1 aromatic heterocycles. The molecule has 6 atom stereocenters. The number of aromatic nitrogens is 2. The molecule has 0 aromatic carbocycles. The minimum Gasteiger partial charge on any atom is -0.465 e. The van der Waals surface area contributed by atoms with Gasteiger partial charge in [0.2, 0.25) is 0 Å². The summed E-state index contributed by atoms with van der Waals surface area (Å²) < 4.78 is 30.1. The number of esters is 1. The Morgan fingerprint density at radius 3 is 2.74 bits per heavy atom. The fraction of sp³-hybridized carbons (Fsp3) is 0.706. The van der Waals surface area contributed by atoms with Crippen molar-refractivity contribution in [3.05, 3.63) is 33.1 Å². The van der Waals surface area contributed by atoms with Crippen LogP contribution >= 0.6 is 18.1 Å². The molecule has 0 bridgehead atoms. The van der Waals surface area contributed by atoms with Crippen molar-refractivity contribution in [1.29, 1.82) is 0 Å². The Morgan fingerprint density at radius 1 is 1.48 bits per heavy atom. The van der Waals surface area contributed by atoms with Crippen LogP contribution in [0.15, 0.2) is 21.9 Å². The maximum atomic E-state index is 13.1. The van der Waals surface area contributed by atoms with E-state index < -0.39 is 60.6 Å². The van der Waals surface area contributed by atoms with Crippen molar-refractivity contribution in [2.75, 3.05) is 19.0 Å². The Kier molecular flexibility index (Phi) is 8.68. The van der Waals surface area contributed by atoms with Crippen LogP contribution in [0.2, 0.25) is 0 Å². The SMILES string of the molecule is CCOC(=O)[C@@H](C)NP(=O)(OC[C@H]1O[C@@H](n2ccc(=O)[nH]c2=O)[C@](C)(O)[C@@H]1O)SCC. The summed E-state index contributed by atoms with van der Waals surface area (Å²) in [4.78, 5) is 37.3. The van der Waals surface area contributed by atoms with E-state index in [1.165, 1.54) is 13.8 Å². The molecule has 0 aliphatic carbocycles. The number of rotatable bonds is 10. The van der Waals surface area contributed by atoms with Crippen LogP contribution in [0, 0.1) is 0 Å². The lowest BCUT2D eigenvalue weighted by Gasteiger charge is -2.27. The van der Waals surface area contributed by atoms with Gasteiger partial charge in [0.15, 0.2) is 6.23 Å². The summed E-state index contributed by atoms with van der Waals surface area (Å²) in [6.07, 6.45) is -2.84. The molecule has 0 radical (unpaired) electrons. The smallest absolute Gasteiger partial charge is 0.330 e. The second-order valence-corrected chi connectivity index (χ2v) is 11.6. The predicted octanol–water partition coefficient (Wildman–Crippen LogP) is -0.0351. The zero-order valence-corrected chi connectivity index (χ0v) is 19.4. The standard InChI is InChI=1S/C17H28N3O9PS/c1-5-27-14(23)10(3)19-30(26,31-6-2)28-9-11-13(22)17(4,25)15(29-11)20-8-7-12(21)18-16(20)24/h7-8,10-11,13,15,22,25H,5-6,9H2,1-4H3,(H,19,26)(H,18,21,24)/t10-,11-,13-,15-,17-,30?/m1/s1. The quantitative estimate of drug-likeness (QED) is 0.261. The third kappa shape index (κ3) is 6.07. The van der Waals surface area contributed by atoms with E-state index >= 15 is 0 Å². The van der Waals surface area contributed by atoms with E-state index in [2.05, 4.69) is 5.09 Å². The van der Waals surface area contributed by atoms with Gasteiger partial charge in [-0.1, -0.05) is 18.3 Å². The first-order valence-corrected chi connectivity index (χ1v) is 12.9. The zero-order chi connectivity index (χ0) is 23.4. The van der Waals surface area contributed by atoms with Crippen molar-refractivity contribution < 1.29 is 33.6 Å². The highest BCUT2D eigenvalue weighted by Gasteiger charge is 2.54. The predicted molar refractivity (Wildman–Crippen MR) is 113 cm³/mol. The molecule has 4 N–H and O–H groups in total. The van der Waals surface area contributed by atoms with E-state index in [0.29, 0.717) is 5.75 Å². The minimum atomic E-state index is -3.60. The summed E-state index contributed by atoms with van der Waals surface area (Å²) in [5, 5.41) is 23.9. The molecule has 176 valence electrons. The van der Waals surface area contributed by atoms with Crippen LogP contribution in [0.25, 0.3) is 0 Å². The van der Waals surface area contributed by atoms with E-state index in [1.54, 1.807) is 13.8 Å². The number of carbonyl (C=O) groups is 1. The third-order valence-corrected chi connectivity index (χ3v) is 8.78. The molecule has 1 fully saturated rings. The molecule has 0 amide bonds. The van der Waals surface area contributed by atoms with Crippen molar-refractivity contribution in [2.45, 2.75) is 57.8 Å². The number of nitrogens with one attached hydrogen (secondary N) is 2. The molecule has 31 heavy (non-hydrogen) atoms. The second-order valence-electron chi connectivity index (χ2n) is 7.03. The molecular weight excluding hydrogens is 453 g/mol. The van der Waals surface area contributed by atoms with Crippen molar-refractivity contribution in [2.24, 2.45) is 0 Å². The van der Waals surface area contributed by atoms with Crippen LogP contribution in [-0.4, -0.2) is 68.6 Å².